The molecule has 0 spiro atoms. The average Bonchev–Trinajstić information content (AvgIpc) is 2.59. The molecule has 0 aliphatic heterocycles. The second-order valence-electron chi connectivity index (χ2n) is 7.08. The molecule has 2 atom stereocenters. The van der Waals surface area contributed by atoms with Crippen LogP contribution in [0.3, 0.4) is 0 Å². The first kappa shape index (κ1) is 23.8. The van der Waals surface area contributed by atoms with E-state index in [0.29, 0.717) is 13.1 Å². The number of hydrogen-bond acceptors (Lipinski definition) is 4. The summed E-state index contributed by atoms with van der Waals surface area (Å²) in [5.74, 6) is 0. The molecule has 0 heterocycles. The topological polar surface area (TPSA) is 64.5 Å². The van der Waals surface area contributed by atoms with Gasteiger partial charge in [0.2, 0.25) is 0 Å². The number of aliphatic hydroxyl groups is 2. The largest absolute Gasteiger partial charge is 0.389 e. The van der Waals surface area contributed by atoms with Crippen LogP contribution in [0.25, 0.3) is 0 Å². The fraction of sp³-hybridized carbons (Fsp3) is 1.00. The minimum absolute atomic E-state index is 0.481. The Morgan fingerprint density at radius 1 is 0.542 bits per heavy atom. The Hall–Kier alpha value is -0.160. The highest BCUT2D eigenvalue weighted by atomic mass is 16.3. The molecule has 2 unspecified atom stereocenters. The molecule has 24 heavy (non-hydrogen) atoms. The summed E-state index contributed by atoms with van der Waals surface area (Å²) >= 11 is 0. The van der Waals surface area contributed by atoms with Gasteiger partial charge in [-0.1, -0.05) is 78.1 Å². The van der Waals surface area contributed by atoms with Gasteiger partial charge in [0, 0.05) is 13.1 Å². The maximum Gasteiger partial charge on any atom is 0.0935 e. The van der Waals surface area contributed by atoms with Gasteiger partial charge in [-0.15, -0.1) is 0 Å². The zero-order valence-electron chi connectivity index (χ0n) is 16.4. The third kappa shape index (κ3) is 16.7. The van der Waals surface area contributed by atoms with Gasteiger partial charge in [-0.3, -0.25) is 0 Å². The number of aliphatic hydroxyl groups excluding tert-OH is 2. The Kier molecular flexibility index (Phi) is 19.0. The lowest BCUT2D eigenvalue weighted by Crippen LogP contribution is -2.42. The zero-order valence-corrected chi connectivity index (χ0v) is 16.4. The molecular formula is C20H44N2O2. The van der Waals surface area contributed by atoms with Gasteiger partial charge in [0.25, 0.3) is 0 Å². The summed E-state index contributed by atoms with van der Waals surface area (Å²) in [4.78, 5) is 0. The predicted molar refractivity (Wildman–Crippen MR) is 105 cm³/mol. The van der Waals surface area contributed by atoms with Crippen LogP contribution in [0.15, 0.2) is 0 Å². The molecule has 0 aliphatic carbocycles. The van der Waals surface area contributed by atoms with Gasteiger partial charge < -0.3 is 20.8 Å². The van der Waals surface area contributed by atoms with E-state index in [2.05, 4.69) is 24.5 Å². The van der Waals surface area contributed by atoms with Gasteiger partial charge in [-0.25, -0.2) is 0 Å². The van der Waals surface area contributed by atoms with Crippen molar-refractivity contribution in [1.29, 1.82) is 0 Å². The quantitative estimate of drug-likeness (QED) is 0.270. The Morgan fingerprint density at radius 3 is 1.25 bits per heavy atom. The molecule has 0 aliphatic rings. The van der Waals surface area contributed by atoms with E-state index in [4.69, 9.17) is 0 Å². The second-order valence-corrected chi connectivity index (χ2v) is 7.08. The normalized spacial score (nSPS) is 14.0. The van der Waals surface area contributed by atoms with Crippen molar-refractivity contribution in [2.45, 2.75) is 103 Å². The highest BCUT2D eigenvalue weighted by Gasteiger charge is 2.14. The molecule has 0 saturated heterocycles. The Balaban J connectivity index is 3.32. The summed E-state index contributed by atoms with van der Waals surface area (Å²) < 4.78 is 0. The van der Waals surface area contributed by atoms with Crippen LogP contribution >= 0.6 is 0 Å². The summed E-state index contributed by atoms with van der Waals surface area (Å²) in [7, 11) is 0. The number of hydrogen-bond donors (Lipinski definition) is 4. The van der Waals surface area contributed by atoms with E-state index < -0.39 is 12.2 Å². The molecule has 4 nitrogen and oxygen atoms in total. The average molecular weight is 345 g/mol. The highest BCUT2D eigenvalue weighted by molar-refractivity contribution is 4.72. The van der Waals surface area contributed by atoms with Gasteiger partial charge >= 0.3 is 0 Å². The van der Waals surface area contributed by atoms with E-state index >= 15 is 0 Å². The van der Waals surface area contributed by atoms with Crippen molar-refractivity contribution in [1.82, 2.24) is 10.6 Å². The van der Waals surface area contributed by atoms with Gasteiger partial charge in [0.05, 0.1) is 12.2 Å². The lowest BCUT2D eigenvalue weighted by atomic mass is 10.1. The van der Waals surface area contributed by atoms with Crippen molar-refractivity contribution in [2.24, 2.45) is 0 Å². The van der Waals surface area contributed by atoms with Crippen molar-refractivity contribution in [2.75, 3.05) is 26.2 Å². The summed E-state index contributed by atoms with van der Waals surface area (Å²) in [6.07, 6.45) is 14.0. The van der Waals surface area contributed by atoms with Crippen molar-refractivity contribution in [3.8, 4) is 0 Å². The van der Waals surface area contributed by atoms with Crippen LogP contribution in [0.5, 0.6) is 0 Å². The molecule has 4 N–H and O–H groups in total. The summed E-state index contributed by atoms with van der Waals surface area (Å²) in [5, 5.41) is 26.4. The fourth-order valence-electron chi connectivity index (χ4n) is 2.83. The lowest BCUT2D eigenvalue weighted by Gasteiger charge is -2.19. The van der Waals surface area contributed by atoms with E-state index in [9.17, 15) is 10.2 Å². The first-order chi connectivity index (χ1) is 11.7. The van der Waals surface area contributed by atoms with Crippen LogP contribution in [0, 0.1) is 0 Å². The Morgan fingerprint density at radius 2 is 0.875 bits per heavy atom. The summed E-state index contributed by atoms with van der Waals surface area (Å²) in [6.45, 7) is 7.29. The number of unbranched alkanes of at least 4 members (excludes halogenated alkanes) is 10. The van der Waals surface area contributed by atoms with Gasteiger partial charge in [0.15, 0.2) is 0 Å². The standard InChI is InChI=1S/C20H44N2O2/c1-3-5-7-9-11-13-15-21-17-19(23)20(24)18-22-16-14-12-10-8-6-4-2/h19-24H,3-18H2,1-2H3. The molecule has 0 aromatic rings. The maximum atomic E-state index is 9.94. The SMILES string of the molecule is CCCCCCCCNCC(O)C(O)CNCCCCCCCC. The maximum absolute atomic E-state index is 9.94. The predicted octanol–water partition coefficient (Wildman–Crippen LogP) is 3.61. The van der Waals surface area contributed by atoms with Crippen LogP contribution in [-0.2, 0) is 0 Å². The lowest BCUT2D eigenvalue weighted by molar-refractivity contribution is 0.0210. The van der Waals surface area contributed by atoms with Gasteiger partial charge in [0.1, 0.15) is 0 Å². The Labute approximate surface area is 150 Å². The van der Waals surface area contributed by atoms with Crippen LogP contribution in [-0.4, -0.2) is 48.6 Å². The molecule has 0 radical (unpaired) electrons. The van der Waals surface area contributed by atoms with E-state index in [1.165, 1.54) is 64.2 Å². The van der Waals surface area contributed by atoms with Crippen LogP contribution in [0.4, 0.5) is 0 Å². The van der Waals surface area contributed by atoms with E-state index in [-0.39, 0.29) is 0 Å². The molecule has 146 valence electrons. The minimum Gasteiger partial charge on any atom is -0.389 e. The van der Waals surface area contributed by atoms with Crippen molar-refractivity contribution in [3.05, 3.63) is 0 Å². The molecule has 0 aromatic carbocycles. The number of nitrogens with one attached hydrogen (secondary N) is 2. The minimum atomic E-state index is -0.679. The molecule has 0 bridgehead atoms. The first-order valence-corrected chi connectivity index (χ1v) is 10.5. The third-order valence-corrected chi connectivity index (χ3v) is 4.57. The smallest absolute Gasteiger partial charge is 0.0935 e. The van der Waals surface area contributed by atoms with Crippen LogP contribution in [0.1, 0.15) is 90.9 Å². The molecule has 0 fully saturated rings. The van der Waals surface area contributed by atoms with Crippen LogP contribution < -0.4 is 10.6 Å². The van der Waals surface area contributed by atoms with E-state index in [0.717, 1.165) is 25.9 Å². The van der Waals surface area contributed by atoms with E-state index in [1.807, 2.05) is 0 Å². The number of rotatable bonds is 19. The van der Waals surface area contributed by atoms with Gasteiger partial charge in [-0.05, 0) is 25.9 Å². The monoisotopic (exact) mass is 344 g/mol. The molecule has 0 rings (SSSR count). The molecule has 0 aromatic heterocycles. The van der Waals surface area contributed by atoms with Gasteiger partial charge in [-0.2, -0.15) is 0 Å². The first-order valence-electron chi connectivity index (χ1n) is 10.5. The van der Waals surface area contributed by atoms with E-state index in [1.54, 1.807) is 0 Å². The second kappa shape index (κ2) is 19.2. The van der Waals surface area contributed by atoms with Crippen molar-refractivity contribution >= 4 is 0 Å². The van der Waals surface area contributed by atoms with Crippen molar-refractivity contribution in [3.63, 3.8) is 0 Å². The third-order valence-electron chi connectivity index (χ3n) is 4.57. The summed E-state index contributed by atoms with van der Waals surface area (Å²) in [6, 6.07) is 0. The van der Waals surface area contributed by atoms with Crippen molar-refractivity contribution < 1.29 is 10.2 Å². The zero-order chi connectivity index (χ0) is 17.9. The fourth-order valence-corrected chi connectivity index (χ4v) is 2.83. The molecular weight excluding hydrogens is 300 g/mol. The molecule has 0 saturated carbocycles. The molecule has 0 amide bonds. The summed E-state index contributed by atoms with van der Waals surface area (Å²) in [5.41, 5.74) is 0. The van der Waals surface area contributed by atoms with Crippen LogP contribution in [0.2, 0.25) is 0 Å². The highest BCUT2D eigenvalue weighted by Crippen LogP contribution is 2.05. The molecule has 4 heteroatoms. The Bertz CT molecular complexity index is 216.